The maximum absolute atomic E-state index is 12.0. The van der Waals surface area contributed by atoms with Crippen molar-refractivity contribution in [2.24, 2.45) is 0 Å². The summed E-state index contributed by atoms with van der Waals surface area (Å²) in [6.45, 7) is 0. The van der Waals surface area contributed by atoms with Gasteiger partial charge >= 0.3 is 0 Å². The van der Waals surface area contributed by atoms with Crippen molar-refractivity contribution in [3.8, 4) is 5.82 Å². The molecule has 0 saturated carbocycles. The second kappa shape index (κ2) is 4.69. The fourth-order valence-corrected chi connectivity index (χ4v) is 1.56. The fraction of sp³-hybridized carbons (Fsp3) is 0. The van der Waals surface area contributed by atoms with E-state index >= 15 is 0 Å². The van der Waals surface area contributed by atoms with Gasteiger partial charge in [0.2, 0.25) is 0 Å². The first-order chi connectivity index (χ1) is 9.34. The zero-order chi connectivity index (χ0) is 13.1. The van der Waals surface area contributed by atoms with E-state index in [0.29, 0.717) is 17.1 Å². The van der Waals surface area contributed by atoms with Gasteiger partial charge in [0.15, 0.2) is 5.82 Å². The number of hydrogen-bond donors (Lipinski definition) is 2. The Labute approximate surface area is 107 Å². The molecule has 0 fully saturated rings. The predicted octanol–water partition coefficient (Wildman–Crippen LogP) is 0.638. The van der Waals surface area contributed by atoms with Crippen LogP contribution < -0.4 is 5.32 Å². The van der Waals surface area contributed by atoms with Gasteiger partial charge in [-0.3, -0.25) is 9.89 Å². The van der Waals surface area contributed by atoms with E-state index in [4.69, 9.17) is 0 Å². The minimum atomic E-state index is -0.275. The van der Waals surface area contributed by atoms with Gasteiger partial charge in [-0.1, -0.05) is 0 Å². The number of nitrogens with zero attached hydrogens (tertiary/aromatic N) is 5. The van der Waals surface area contributed by atoms with Crippen LogP contribution in [0.2, 0.25) is 0 Å². The Balaban J connectivity index is 1.92. The van der Waals surface area contributed by atoms with Gasteiger partial charge in [-0.25, -0.2) is 14.6 Å². The summed E-state index contributed by atoms with van der Waals surface area (Å²) in [6, 6.07) is 3.47. The van der Waals surface area contributed by atoms with E-state index in [1.165, 1.54) is 29.7 Å². The Kier molecular flexibility index (Phi) is 2.73. The Hall–Kier alpha value is -3.03. The number of hydrogen-bond acceptors (Lipinski definition) is 5. The second-order valence-electron chi connectivity index (χ2n) is 3.66. The van der Waals surface area contributed by atoms with Crippen molar-refractivity contribution in [1.82, 2.24) is 29.9 Å². The Morgan fingerprint density at radius 1 is 1.42 bits per heavy atom. The maximum atomic E-state index is 12.0. The SMILES string of the molecule is O=C(Nc1cccnc1-n1cncn1)c1cn[nH]c1. The average molecular weight is 255 g/mol. The van der Waals surface area contributed by atoms with Gasteiger partial charge in [0.25, 0.3) is 5.91 Å². The van der Waals surface area contributed by atoms with E-state index in [2.05, 4.69) is 30.6 Å². The lowest BCUT2D eigenvalue weighted by Gasteiger charge is -2.08. The molecule has 3 heterocycles. The van der Waals surface area contributed by atoms with Crippen LogP contribution in [0.1, 0.15) is 10.4 Å². The number of H-pyrrole nitrogens is 1. The summed E-state index contributed by atoms with van der Waals surface area (Å²) in [5.74, 6) is 0.222. The Morgan fingerprint density at radius 2 is 2.37 bits per heavy atom. The Bertz CT molecular complexity index is 675. The van der Waals surface area contributed by atoms with Crippen LogP contribution in [0.3, 0.4) is 0 Å². The third-order valence-electron chi connectivity index (χ3n) is 2.43. The molecule has 8 heteroatoms. The van der Waals surface area contributed by atoms with Crippen LogP contribution in [0.15, 0.2) is 43.4 Å². The van der Waals surface area contributed by atoms with Crippen molar-refractivity contribution in [2.45, 2.75) is 0 Å². The van der Waals surface area contributed by atoms with Crippen molar-refractivity contribution in [3.05, 3.63) is 48.9 Å². The number of aromatic amines is 1. The van der Waals surface area contributed by atoms with Crippen LogP contribution in [-0.4, -0.2) is 35.9 Å². The highest BCUT2D eigenvalue weighted by Gasteiger charge is 2.11. The molecule has 1 amide bonds. The van der Waals surface area contributed by atoms with Gasteiger partial charge in [0, 0.05) is 12.4 Å². The molecule has 0 atom stereocenters. The number of nitrogens with one attached hydrogen (secondary N) is 2. The molecule has 3 aromatic heterocycles. The van der Waals surface area contributed by atoms with Crippen molar-refractivity contribution in [2.75, 3.05) is 5.32 Å². The van der Waals surface area contributed by atoms with Crippen molar-refractivity contribution < 1.29 is 4.79 Å². The quantitative estimate of drug-likeness (QED) is 0.715. The van der Waals surface area contributed by atoms with E-state index in [1.54, 1.807) is 18.3 Å². The van der Waals surface area contributed by atoms with E-state index < -0.39 is 0 Å². The molecular formula is C11H9N7O. The largest absolute Gasteiger partial charge is 0.319 e. The molecule has 0 aromatic carbocycles. The molecule has 94 valence electrons. The van der Waals surface area contributed by atoms with Crippen LogP contribution in [0, 0.1) is 0 Å². The lowest BCUT2D eigenvalue weighted by atomic mass is 10.3. The molecule has 0 aliphatic heterocycles. The number of rotatable bonds is 3. The third kappa shape index (κ3) is 2.18. The van der Waals surface area contributed by atoms with E-state index in [-0.39, 0.29) is 5.91 Å². The molecule has 0 aliphatic rings. The van der Waals surface area contributed by atoms with Gasteiger partial charge in [-0.2, -0.15) is 10.2 Å². The monoisotopic (exact) mass is 255 g/mol. The first kappa shape index (κ1) is 11.1. The van der Waals surface area contributed by atoms with Crippen LogP contribution in [0.5, 0.6) is 0 Å². The zero-order valence-electron chi connectivity index (χ0n) is 9.69. The summed E-state index contributed by atoms with van der Waals surface area (Å²) < 4.78 is 1.48. The number of carbonyl (C=O) groups excluding carboxylic acids is 1. The lowest BCUT2D eigenvalue weighted by Crippen LogP contribution is -2.14. The second-order valence-corrected chi connectivity index (χ2v) is 3.66. The van der Waals surface area contributed by atoms with Crippen molar-refractivity contribution in [3.63, 3.8) is 0 Å². The van der Waals surface area contributed by atoms with Gasteiger partial charge in [0.1, 0.15) is 12.7 Å². The average Bonchev–Trinajstić information content (AvgIpc) is 3.13. The maximum Gasteiger partial charge on any atom is 0.258 e. The number of aromatic nitrogens is 6. The number of amides is 1. The van der Waals surface area contributed by atoms with Crippen LogP contribution in [-0.2, 0) is 0 Å². The van der Waals surface area contributed by atoms with Crippen molar-refractivity contribution in [1.29, 1.82) is 0 Å². The molecule has 19 heavy (non-hydrogen) atoms. The van der Waals surface area contributed by atoms with Gasteiger partial charge in [-0.15, -0.1) is 0 Å². The standard InChI is InChI=1S/C11H9N7O/c19-11(8-4-14-15-5-8)17-9-2-1-3-13-10(9)18-7-12-6-16-18/h1-7H,(H,14,15)(H,17,19). The summed E-state index contributed by atoms with van der Waals surface area (Å²) in [6.07, 6.45) is 7.48. The number of anilines is 1. The highest BCUT2D eigenvalue weighted by atomic mass is 16.1. The molecule has 0 saturated heterocycles. The van der Waals surface area contributed by atoms with E-state index in [1.807, 2.05) is 0 Å². The van der Waals surface area contributed by atoms with Gasteiger partial charge in [-0.05, 0) is 12.1 Å². The predicted molar refractivity (Wildman–Crippen MR) is 65.7 cm³/mol. The van der Waals surface area contributed by atoms with E-state index in [9.17, 15) is 4.79 Å². The molecule has 3 aromatic rings. The molecule has 0 spiro atoms. The molecule has 3 rings (SSSR count). The molecule has 0 unspecified atom stereocenters. The zero-order valence-corrected chi connectivity index (χ0v) is 9.69. The summed E-state index contributed by atoms with van der Waals surface area (Å²) in [4.78, 5) is 20.0. The first-order valence-electron chi connectivity index (χ1n) is 5.45. The number of carbonyl (C=O) groups is 1. The molecule has 0 radical (unpaired) electrons. The van der Waals surface area contributed by atoms with Gasteiger partial charge in [0.05, 0.1) is 17.4 Å². The van der Waals surface area contributed by atoms with Crippen molar-refractivity contribution >= 4 is 11.6 Å². The normalized spacial score (nSPS) is 10.3. The minimum absolute atomic E-state index is 0.275. The highest BCUT2D eigenvalue weighted by Crippen LogP contribution is 2.16. The van der Waals surface area contributed by atoms with E-state index in [0.717, 1.165) is 0 Å². The smallest absolute Gasteiger partial charge is 0.258 e. The lowest BCUT2D eigenvalue weighted by molar-refractivity contribution is 0.102. The minimum Gasteiger partial charge on any atom is -0.319 e. The summed E-state index contributed by atoms with van der Waals surface area (Å²) >= 11 is 0. The topological polar surface area (TPSA) is 101 Å². The molecule has 8 nitrogen and oxygen atoms in total. The molecular weight excluding hydrogens is 246 g/mol. The summed E-state index contributed by atoms with van der Waals surface area (Å²) in [7, 11) is 0. The summed E-state index contributed by atoms with van der Waals surface area (Å²) in [5, 5.41) is 13.1. The molecule has 0 bridgehead atoms. The summed E-state index contributed by atoms with van der Waals surface area (Å²) in [5.41, 5.74) is 0.979. The van der Waals surface area contributed by atoms with Crippen LogP contribution >= 0.6 is 0 Å². The molecule has 2 N–H and O–H groups in total. The third-order valence-corrected chi connectivity index (χ3v) is 2.43. The molecule has 0 aliphatic carbocycles. The first-order valence-corrected chi connectivity index (χ1v) is 5.45. The van der Waals surface area contributed by atoms with Gasteiger partial charge < -0.3 is 5.32 Å². The van der Waals surface area contributed by atoms with Crippen LogP contribution in [0.4, 0.5) is 5.69 Å². The number of pyridine rings is 1. The highest BCUT2D eigenvalue weighted by molar-refractivity contribution is 6.04. The fourth-order valence-electron chi connectivity index (χ4n) is 1.56. The Morgan fingerprint density at radius 3 is 3.11 bits per heavy atom. The van der Waals surface area contributed by atoms with Crippen LogP contribution in [0.25, 0.3) is 5.82 Å².